The van der Waals surface area contributed by atoms with Crippen molar-refractivity contribution in [1.29, 1.82) is 0 Å². The second-order valence-electron chi connectivity index (χ2n) is 4.82. The molecule has 3 N–H and O–H groups in total. The molecule has 1 aliphatic rings. The van der Waals surface area contributed by atoms with Gasteiger partial charge in [0.1, 0.15) is 5.75 Å². The number of phenolic OH excluding ortho intramolecular Hbond substituents is 1. The van der Waals surface area contributed by atoms with Crippen molar-refractivity contribution in [2.75, 3.05) is 13.1 Å². The maximum Gasteiger partial charge on any atom is 0.245 e. The lowest BCUT2D eigenvalue weighted by atomic mass is 9.97. The number of nitrogens with one attached hydrogen (secondary N) is 1. The van der Waals surface area contributed by atoms with Gasteiger partial charge >= 0.3 is 0 Å². The fourth-order valence-corrected chi connectivity index (χ4v) is 2.90. The van der Waals surface area contributed by atoms with Crippen LogP contribution in [0.5, 0.6) is 5.75 Å². The predicted molar refractivity (Wildman–Crippen MR) is 76.6 cm³/mol. The molecule has 2 rings (SSSR count). The number of hydrogen-bond donors (Lipinski definition) is 3. The normalized spacial score (nSPS) is 18.1. The van der Waals surface area contributed by atoms with E-state index in [1.807, 2.05) is 0 Å². The van der Waals surface area contributed by atoms with Crippen LogP contribution >= 0.6 is 23.2 Å². The first kappa shape index (κ1) is 15.9. The van der Waals surface area contributed by atoms with Gasteiger partial charge < -0.3 is 10.0 Å². The first-order valence-electron chi connectivity index (χ1n) is 6.31. The third kappa shape index (κ3) is 3.40. The number of amides is 2. The molecule has 1 atom stereocenters. The smallest absolute Gasteiger partial charge is 0.245 e. The molecule has 0 radical (unpaired) electrons. The summed E-state index contributed by atoms with van der Waals surface area (Å²) in [4.78, 5) is 24.4. The molecule has 0 saturated carbocycles. The van der Waals surface area contributed by atoms with Gasteiger partial charge in [-0.15, -0.1) is 0 Å². The lowest BCUT2D eigenvalue weighted by Gasteiger charge is -2.17. The van der Waals surface area contributed by atoms with Crippen LogP contribution in [0.3, 0.4) is 0 Å². The van der Waals surface area contributed by atoms with Crippen LogP contribution in [0.25, 0.3) is 0 Å². The molecule has 21 heavy (non-hydrogen) atoms. The van der Waals surface area contributed by atoms with Gasteiger partial charge in [-0.3, -0.25) is 14.8 Å². The summed E-state index contributed by atoms with van der Waals surface area (Å²) in [7, 11) is 0. The third-order valence-corrected chi connectivity index (χ3v) is 4.28. The maximum absolute atomic E-state index is 11.9. The van der Waals surface area contributed by atoms with E-state index >= 15 is 0 Å². The number of hydroxylamine groups is 1. The van der Waals surface area contributed by atoms with E-state index in [9.17, 15) is 14.7 Å². The van der Waals surface area contributed by atoms with Gasteiger partial charge in [0.25, 0.3) is 0 Å². The number of likely N-dealkylation sites (tertiary alicyclic amines) is 1. The second-order valence-corrected chi connectivity index (χ2v) is 5.61. The van der Waals surface area contributed by atoms with Crippen LogP contribution in [-0.2, 0) is 9.59 Å². The average Bonchev–Trinajstić information content (AvgIpc) is 2.81. The summed E-state index contributed by atoms with van der Waals surface area (Å²) in [6.45, 7) is 0.534. The third-order valence-electron chi connectivity index (χ3n) is 3.47. The number of nitrogens with zero attached hydrogens (tertiary/aromatic N) is 1. The van der Waals surface area contributed by atoms with Crippen LogP contribution in [0.2, 0.25) is 10.0 Å². The summed E-state index contributed by atoms with van der Waals surface area (Å²) in [5.41, 5.74) is 1.97. The number of halogens is 2. The average molecular weight is 333 g/mol. The highest BCUT2D eigenvalue weighted by atomic mass is 35.5. The van der Waals surface area contributed by atoms with E-state index in [-0.39, 0.29) is 42.0 Å². The first-order chi connectivity index (χ1) is 9.93. The van der Waals surface area contributed by atoms with Crippen LogP contribution in [0.1, 0.15) is 24.3 Å². The summed E-state index contributed by atoms with van der Waals surface area (Å²) in [6.07, 6.45) is 0.193. The highest BCUT2D eigenvalue weighted by molar-refractivity contribution is 6.42. The zero-order valence-corrected chi connectivity index (χ0v) is 12.5. The fourth-order valence-electron chi connectivity index (χ4n) is 2.42. The Hall–Kier alpha value is -1.50. The van der Waals surface area contributed by atoms with Gasteiger partial charge in [-0.2, -0.15) is 0 Å². The van der Waals surface area contributed by atoms with E-state index in [4.69, 9.17) is 28.4 Å². The lowest BCUT2D eigenvalue weighted by molar-refractivity contribution is -0.131. The molecule has 6 nitrogen and oxygen atoms in total. The molecule has 0 aliphatic carbocycles. The Morgan fingerprint density at radius 1 is 1.43 bits per heavy atom. The molecular formula is C13H14Cl2N2O4. The zero-order chi connectivity index (χ0) is 15.6. The Morgan fingerprint density at radius 2 is 2.14 bits per heavy atom. The van der Waals surface area contributed by atoms with Crippen molar-refractivity contribution in [3.05, 3.63) is 27.7 Å². The number of aromatic hydroxyl groups is 1. The van der Waals surface area contributed by atoms with Crippen LogP contribution in [0.4, 0.5) is 0 Å². The highest BCUT2D eigenvalue weighted by Crippen LogP contribution is 2.41. The van der Waals surface area contributed by atoms with Crippen molar-refractivity contribution in [3.8, 4) is 5.75 Å². The van der Waals surface area contributed by atoms with E-state index in [1.54, 1.807) is 0 Å². The molecular weight excluding hydrogens is 319 g/mol. The molecule has 1 aromatic rings. The van der Waals surface area contributed by atoms with Gasteiger partial charge in [-0.1, -0.05) is 23.2 Å². The number of phenols is 1. The SMILES string of the molecule is O=C(CCN1CC(c2c(O)ccc(Cl)c2Cl)CC1=O)NO. The monoisotopic (exact) mass is 332 g/mol. The quantitative estimate of drug-likeness (QED) is 0.580. The zero-order valence-electron chi connectivity index (χ0n) is 11.0. The van der Waals surface area contributed by atoms with Gasteiger partial charge in [-0.25, -0.2) is 5.48 Å². The van der Waals surface area contributed by atoms with Crippen LogP contribution < -0.4 is 5.48 Å². The molecule has 114 valence electrons. The van der Waals surface area contributed by atoms with E-state index in [0.717, 1.165) is 0 Å². The molecule has 1 unspecified atom stereocenters. The van der Waals surface area contributed by atoms with E-state index in [0.29, 0.717) is 17.1 Å². The standard InChI is InChI=1S/C13H14Cl2N2O4/c14-8-1-2-9(18)12(13(8)15)7-5-11(20)17(6-7)4-3-10(19)16-21/h1-2,7,18,21H,3-6H2,(H,16,19). The molecule has 1 heterocycles. The van der Waals surface area contributed by atoms with Gasteiger partial charge in [0.15, 0.2) is 0 Å². The van der Waals surface area contributed by atoms with Gasteiger partial charge in [0.05, 0.1) is 10.0 Å². The van der Waals surface area contributed by atoms with Crippen molar-refractivity contribution in [1.82, 2.24) is 10.4 Å². The Labute approximate surface area is 131 Å². The lowest BCUT2D eigenvalue weighted by Crippen LogP contribution is -2.30. The van der Waals surface area contributed by atoms with Gasteiger partial charge in [0, 0.05) is 37.4 Å². The molecule has 2 amide bonds. The first-order valence-corrected chi connectivity index (χ1v) is 7.07. The highest BCUT2D eigenvalue weighted by Gasteiger charge is 2.33. The summed E-state index contributed by atoms with van der Waals surface area (Å²) >= 11 is 12.0. The van der Waals surface area contributed by atoms with Crippen molar-refractivity contribution in [2.24, 2.45) is 0 Å². The van der Waals surface area contributed by atoms with Gasteiger partial charge in [0.2, 0.25) is 11.8 Å². The summed E-state index contributed by atoms with van der Waals surface area (Å²) in [5, 5.41) is 18.9. The van der Waals surface area contributed by atoms with Crippen molar-refractivity contribution < 1.29 is 19.9 Å². The Balaban J connectivity index is 2.13. The molecule has 0 aromatic heterocycles. The minimum atomic E-state index is -0.560. The predicted octanol–water partition coefficient (Wildman–Crippen LogP) is 1.91. The van der Waals surface area contributed by atoms with Crippen molar-refractivity contribution in [3.63, 3.8) is 0 Å². The summed E-state index contributed by atoms with van der Waals surface area (Å²) < 4.78 is 0. The van der Waals surface area contributed by atoms with E-state index in [2.05, 4.69) is 0 Å². The molecule has 1 fully saturated rings. The van der Waals surface area contributed by atoms with Gasteiger partial charge in [-0.05, 0) is 12.1 Å². The van der Waals surface area contributed by atoms with E-state index in [1.165, 1.54) is 22.5 Å². The number of rotatable bonds is 4. The largest absolute Gasteiger partial charge is 0.508 e. The maximum atomic E-state index is 11.9. The molecule has 1 aromatic carbocycles. The van der Waals surface area contributed by atoms with Crippen molar-refractivity contribution >= 4 is 35.0 Å². The minimum Gasteiger partial charge on any atom is -0.508 e. The molecule has 0 bridgehead atoms. The fraction of sp³-hybridized carbons (Fsp3) is 0.385. The molecule has 0 spiro atoms. The Morgan fingerprint density at radius 3 is 2.81 bits per heavy atom. The van der Waals surface area contributed by atoms with E-state index < -0.39 is 5.91 Å². The Bertz CT molecular complexity index is 580. The summed E-state index contributed by atoms with van der Waals surface area (Å²) in [6, 6.07) is 2.93. The Kier molecular flexibility index (Phi) is 4.92. The minimum absolute atomic E-state index is 0.00264. The van der Waals surface area contributed by atoms with Crippen molar-refractivity contribution in [2.45, 2.75) is 18.8 Å². The number of carbonyl (C=O) groups is 2. The van der Waals surface area contributed by atoms with Crippen LogP contribution in [-0.4, -0.2) is 40.1 Å². The molecule has 1 saturated heterocycles. The topological polar surface area (TPSA) is 89.9 Å². The van der Waals surface area contributed by atoms with Crippen LogP contribution in [0, 0.1) is 0 Å². The number of benzene rings is 1. The molecule has 1 aliphatic heterocycles. The molecule has 8 heteroatoms. The summed E-state index contributed by atoms with van der Waals surface area (Å²) in [5.74, 6) is -0.978. The second kappa shape index (κ2) is 6.51. The number of carbonyl (C=O) groups excluding carboxylic acids is 2. The number of hydrogen-bond acceptors (Lipinski definition) is 4. The van der Waals surface area contributed by atoms with Crippen LogP contribution in [0.15, 0.2) is 12.1 Å².